The van der Waals surface area contributed by atoms with Crippen molar-refractivity contribution in [1.29, 1.82) is 0 Å². The minimum Gasteiger partial charge on any atom is -0.507 e. The van der Waals surface area contributed by atoms with Gasteiger partial charge >= 0.3 is 0 Å². The molecule has 0 saturated heterocycles. The largest absolute Gasteiger partial charge is 0.507 e. The van der Waals surface area contributed by atoms with E-state index in [2.05, 4.69) is 33.8 Å². The van der Waals surface area contributed by atoms with Crippen LogP contribution in [-0.4, -0.2) is 10.5 Å². The lowest BCUT2D eigenvalue weighted by atomic mass is 9.80. The van der Waals surface area contributed by atoms with Gasteiger partial charge in [0.25, 0.3) is 0 Å². The van der Waals surface area contributed by atoms with Crippen molar-refractivity contribution >= 4 is 22.4 Å². The summed E-state index contributed by atoms with van der Waals surface area (Å²) >= 11 is 6.53. The van der Waals surface area contributed by atoms with Crippen molar-refractivity contribution in [3.8, 4) is 5.75 Å². The van der Waals surface area contributed by atoms with Crippen LogP contribution in [0.1, 0.15) is 56.2 Å². The minimum absolute atomic E-state index is 0.101. The van der Waals surface area contributed by atoms with Gasteiger partial charge in [-0.3, -0.25) is 0 Å². The maximum atomic E-state index is 10.5. The molecule has 0 aromatic heterocycles. The molecule has 3 rings (SSSR count). The summed E-state index contributed by atoms with van der Waals surface area (Å²) in [6.07, 6.45) is 2.13. The summed E-state index contributed by atoms with van der Waals surface area (Å²) in [5.41, 5.74) is 3.99. The topological polar surface area (TPSA) is 20.2 Å². The van der Waals surface area contributed by atoms with Crippen LogP contribution in [0.5, 0.6) is 5.75 Å². The number of aromatic hydroxyl groups is 1. The second-order valence-corrected chi connectivity index (χ2v) is 7.45. The highest BCUT2D eigenvalue weighted by atomic mass is 35.5. The van der Waals surface area contributed by atoms with Gasteiger partial charge in [0.1, 0.15) is 5.75 Å². The molecule has 112 valence electrons. The molecule has 0 saturated carbocycles. The first-order valence-electron chi connectivity index (χ1n) is 7.79. The molecule has 1 N–H and O–H groups in total. The Balaban J connectivity index is 2.44. The third-order valence-electron chi connectivity index (χ3n) is 5.42. The summed E-state index contributed by atoms with van der Waals surface area (Å²) in [4.78, 5) is 0. The zero-order valence-corrected chi connectivity index (χ0v) is 14.0. The average Bonchev–Trinajstić information content (AvgIpc) is 2.74. The molecule has 0 fully saturated rings. The molecule has 2 heteroatoms. The molecule has 0 spiro atoms. The smallest absolute Gasteiger partial charge is 0.123 e. The van der Waals surface area contributed by atoms with Crippen molar-refractivity contribution < 1.29 is 5.11 Å². The highest BCUT2D eigenvalue weighted by molar-refractivity contribution is 6.21. The van der Waals surface area contributed by atoms with Gasteiger partial charge in [-0.2, -0.15) is 0 Å². The van der Waals surface area contributed by atoms with Crippen LogP contribution in [0.25, 0.3) is 10.8 Å². The van der Waals surface area contributed by atoms with Crippen molar-refractivity contribution in [1.82, 2.24) is 0 Å². The molecule has 0 aliphatic heterocycles. The van der Waals surface area contributed by atoms with E-state index in [1.54, 1.807) is 0 Å². The fourth-order valence-electron chi connectivity index (χ4n) is 3.97. The van der Waals surface area contributed by atoms with E-state index >= 15 is 0 Å². The number of hydrogen-bond donors (Lipinski definition) is 1. The van der Waals surface area contributed by atoms with E-state index in [0.29, 0.717) is 11.7 Å². The zero-order valence-electron chi connectivity index (χ0n) is 13.2. The molecule has 3 unspecified atom stereocenters. The average molecular weight is 303 g/mol. The fraction of sp³-hybridized carbons (Fsp3) is 0.474. The van der Waals surface area contributed by atoms with Crippen LogP contribution in [0, 0.1) is 6.92 Å². The number of fused-ring (bicyclic) bond motifs is 3. The Morgan fingerprint density at radius 1 is 1.43 bits per heavy atom. The summed E-state index contributed by atoms with van der Waals surface area (Å²) in [6.45, 7) is 8.74. The van der Waals surface area contributed by atoms with E-state index in [1.807, 2.05) is 18.2 Å². The number of benzene rings is 2. The Morgan fingerprint density at radius 2 is 2.14 bits per heavy atom. The summed E-state index contributed by atoms with van der Waals surface area (Å²) < 4.78 is 0. The number of phenols is 1. The number of hydrogen-bond acceptors (Lipinski definition) is 1. The van der Waals surface area contributed by atoms with E-state index in [-0.39, 0.29) is 10.8 Å². The van der Waals surface area contributed by atoms with Gasteiger partial charge in [-0.1, -0.05) is 32.0 Å². The summed E-state index contributed by atoms with van der Waals surface area (Å²) in [6, 6.07) is 8.13. The third-order valence-corrected chi connectivity index (χ3v) is 5.72. The van der Waals surface area contributed by atoms with Crippen LogP contribution < -0.4 is 0 Å². The molecule has 3 atom stereocenters. The van der Waals surface area contributed by atoms with E-state index in [1.165, 1.54) is 22.1 Å². The minimum atomic E-state index is 0.101. The van der Waals surface area contributed by atoms with Crippen LogP contribution in [0.2, 0.25) is 0 Å². The summed E-state index contributed by atoms with van der Waals surface area (Å²) in [7, 11) is 0. The molecule has 1 aliphatic carbocycles. The van der Waals surface area contributed by atoms with Crippen molar-refractivity contribution in [2.75, 3.05) is 0 Å². The second-order valence-electron chi connectivity index (χ2n) is 6.76. The zero-order chi connectivity index (χ0) is 15.4. The number of halogens is 1. The van der Waals surface area contributed by atoms with Gasteiger partial charge in [-0.25, -0.2) is 0 Å². The lowest BCUT2D eigenvalue weighted by molar-refractivity contribution is 0.415. The van der Waals surface area contributed by atoms with Crippen molar-refractivity contribution in [2.24, 2.45) is 0 Å². The summed E-state index contributed by atoms with van der Waals surface area (Å²) in [5.74, 6) is 0.755. The maximum absolute atomic E-state index is 10.5. The Hall–Kier alpha value is -1.21. The number of phenolic OH excluding ortho intramolecular Hbond substituents is 1. The Bertz CT molecular complexity index is 704. The van der Waals surface area contributed by atoms with Gasteiger partial charge in [0.2, 0.25) is 0 Å². The van der Waals surface area contributed by atoms with E-state index in [0.717, 1.165) is 18.2 Å². The Morgan fingerprint density at radius 3 is 2.76 bits per heavy atom. The molecule has 0 bridgehead atoms. The van der Waals surface area contributed by atoms with Gasteiger partial charge in [-0.15, -0.1) is 11.6 Å². The van der Waals surface area contributed by atoms with Crippen LogP contribution in [-0.2, 0) is 5.41 Å². The first-order valence-corrected chi connectivity index (χ1v) is 8.22. The lowest BCUT2D eigenvalue weighted by Gasteiger charge is -2.24. The monoisotopic (exact) mass is 302 g/mol. The normalized spacial score (nSPS) is 26.0. The van der Waals surface area contributed by atoms with Gasteiger partial charge in [0.05, 0.1) is 0 Å². The molecule has 1 aliphatic rings. The summed E-state index contributed by atoms with van der Waals surface area (Å²) in [5, 5.41) is 12.7. The number of rotatable bonds is 2. The van der Waals surface area contributed by atoms with Crippen molar-refractivity contribution in [3.63, 3.8) is 0 Å². The molecule has 1 nitrogen and oxygen atoms in total. The van der Waals surface area contributed by atoms with Crippen LogP contribution >= 0.6 is 11.6 Å². The predicted octanol–water partition coefficient (Wildman–Crippen LogP) is 5.64. The first-order chi connectivity index (χ1) is 9.89. The molecular weight excluding hydrogens is 280 g/mol. The van der Waals surface area contributed by atoms with E-state index < -0.39 is 0 Å². The second kappa shape index (κ2) is 4.91. The number of aryl methyl sites for hydroxylation is 1. The fourth-order valence-corrected chi connectivity index (χ4v) is 4.19. The molecule has 2 aromatic rings. The van der Waals surface area contributed by atoms with Crippen LogP contribution in [0.4, 0.5) is 0 Å². The molecule has 0 amide bonds. The van der Waals surface area contributed by atoms with E-state index in [4.69, 9.17) is 11.6 Å². The molecular formula is C19H23ClO. The third kappa shape index (κ3) is 2.05. The number of alkyl halides is 1. The standard InChI is InChI=1S/C19H23ClO/c1-5-19(4)10-14(12(3)20)18-15(19)9-16(21)13-8-6-7-11(2)17(13)18/h6-9,12,14,21H,5,10H2,1-4H3. The van der Waals surface area contributed by atoms with Gasteiger partial charge < -0.3 is 5.11 Å². The first kappa shape index (κ1) is 14.7. The molecule has 0 radical (unpaired) electrons. The van der Waals surface area contributed by atoms with Gasteiger partial charge in [0, 0.05) is 16.7 Å². The predicted molar refractivity (Wildman–Crippen MR) is 90.7 cm³/mol. The Labute approximate surface area is 131 Å². The van der Waals surface area contributed by atoms with Crippen molar-refractivity contribution in [3.05, 3.63) is 41.0 Å². The SMILES string of the molecule is CCC1(C)CC(C(C)Cl)c2c1cc(O)c1cccc(C)c21. The maximum Gasteiger partial charge on any atom is 0.123 e. The molecule has 2 aromatic carbocycles. The van der Waals surface area contributed by atoms with E-state index in [9.17, 15) is 5.11 Å². The van der Waals surface area contributed by atoms with Crippen LogP contribution in [0.15, 0.2) is 24.3 Å². The lowest BCUT2D eigenvalue weighted by Crippen LogP contribution is -2.17. The molecule has 0 heterocycles. The highest BCUT2D eigenvalue weighted by Gasteiger charge is 2.42. The Kier molecular flexibility index (Phi) is 3.44. The quantitative estimate of drug-likeness (QED) is 0.712. The highest BCUT2D eigenvalue weighted by Crippen LogP contribution is 2.54. The van der Waals surface area contributed by atoms with Crippen molar-refractivity contribution in [2.45, 2.75) is 57.2 Å². The molecule has 21 heavy (non-hydrogen) atoms. The van der Waals surface area contributed by atoms with Gasteiger partial charge in [-0.05, 0) is 60.2 Å². The van der Waals surface area contributed by atoms with Gasteiger partial charge in [0.15, 0.2) is 0 Å². The van der Waals surface area contributed by atoms with Crippen LogP contribution in [0.3, 0.4) is 0 Å².